The second-order valence-corrected chi connectivity index (χ2v) is 6.68. The molecule has 21 heavy (non-hydrogen) atoms. The Morgan fingerprint density at radius 2 is 1.71 bits per heavy atom. The van der Waals surface area contributed by atoms with Gasteiger partial charge in [-0.25, -0.2) is 0 Å². The maximum atomic E-state index is 3.62. The predicted molar refractivity (Wildman–Crippen MR) is 96.4 cm³/mol. The fourth-order valence-corrected chi connectivity index (χ4v) is 2.73. The Bertz CT molecular complexity index is 635. The molecule has 2 nitrogen and oxygen atoms in total. The molecule has 0 aliphatic heterocycles. The number of hydrogen-bond acceptors (Lipinski definition) is 2. The van der Waals surface area contributed by atoms with Crippen LogP contribution in [-0.4, -0.2) is 14.1 Å². The quantitative estimate of drug-likeness (QED) is 0.807. The molecular formula is C18H23BrN2. The van der Waals surface area contributed by atoms with Crippen molar-refractivity contribution in [3.05, 3.63) is 57.6 Å². The van der Waals surface area contributed by atoms with Gasteiger partial charge in [0.1, 0.15) is 0 Å². The number of nitrogens with one attached hydrogen (secondary N) is 1. The zero-order valence-corrected chi connectivity index (χ0v) is 15.0. The summed E-state index contributed by atoms with van der Waals surface area (Å²) < 4.78 is 1.09. The number of anilines is 2. The van der Waals surface area contributed by atoms with Crippen LogP contribution < -0.4 is 10.2 Å². The molecule has 0 radical (unpaired) electrons. The Kier molecular flexibility index (Phi) is 4.94. The Morgan fingerprint density at radius 3 is 2.33 bits per heavy atom. The van der Waals surface area contributed by atoms with Crippen LogP contribution in [0.1, 0.15) is 29.7 Å². The minimum absolute atomic E-state index is 0.261. The summed E-state index contributed by atoms with van der Waals surface area (Å²) in [7, 11) is 4.13. The third kappa shape index (κ3) is 3.79. The Labute approximate surface area is 136 Å². The largest absolute Gasteiger partial charge is 0.377 e. The van der Waals surface area contributed by atoms with Crippen LogP contribution in [-0.2, 0) is 0 Å². The van der Waals surface area contributed by atoms with Crippen LogP contribution in [0.5, 0.6) is 0 Å². The monoisotopic (exact) mass is 346 g/mol. The van der Waals surface area contributed by atoms with Gasteiger partial charge in [0.25, 0.3) is 0 Å². The molecule has 0 amide bonds. The highest BCUT2D eigenvalue weighted by Crippen LogP contribution is 2.31. The van der Waals surface area contributed by atoms with Crippen molar-refractivity contribution in [1.82, 2.24) is 0 Å². The number of hydrogen-bond donors (Lipinski definition) is 1. The average Bonchev–Trinajstić information content (AvgIpc) is 2.41. The number of nitrogens with zero attached hydrogens (tertiary/aromatic N) is 1. The molecule has 1 atom stereocenters. The molecule has 0 bridgehead atoms. The maximum absolute atomic E-state index is 3.62. The van der Waals surface area contributed by atoms with Crippen LogP contribution in [0, 0.1) is 13.8 Å². The molecule has 2 aromatic rings. The molecular weight excluding hydrogens is 324 g/mol. The SMILES string of the molecule is Cc1ccc(C(C)Nc2cc(Br)ccc2N(C)C)cc1C. The first-order valence-corrected chi connectivity index (χ1v) is 7.98. The van der Waals surface area contributed by atoms with Gasteiger partial charge in [0.15, 0.2) is 0 Å². The molecule has 0 aliphatic rings. The summed E-state index contributed by atoms with van der Waals surface area (Å²) in [6.45, 7) is 6.51. The van der Waals surface area contributed by atoms with E-state index in [-0.39, 0.29) is 6.04 Å². The van der Waals surface area contributed by atoms with Gasteiger partial charge in [-0.15, -0.1) is 0 Å². The summed E-state index contributed by atoms with van der Waals surface area (Å²) in [4.78, 5) is 2.13. The molecule has 0 saturated carbocycles. The summed E-state index contributed by atoms with van der Waals surface area (Å²) in [6, 6.07) is 13.2. The van der Waals surface area contributed by atoms with Crippen LogP contribution in [0.2, 0.25) is 0 Å². The summed E-state index contributed by atoms with van der Waals surface area (Å²) in [6.07, 6.45) is 0. The zero-order valence-electron chi connectivity index (χ0n) is 13.4. The van der Waals surface area contributed by atoms with E-state index in [4.69, 9.17) is 0 Å². The lowest BCUT2D eigenvalue weighted by atomic mass is 10.0. The first kappa shape index (κ1) is 15.9. The third-order valence-electron chi connectivity index (χ3n) is 3.84. The Morgan fingerprint density at radius 1 is 1.00 bits per heavy atom. The molecule has 2 aromatic carbocycles. The van der Waals surface area contributed by atoms with E-state index < -0.39 is 0 Å². The highest BCUT2D eigenvalue weighted by molar-refractivity contribution is 9.10. The first-order chi connectivity index (χ1) is 9.88. The first-order valence-electron chi connectivity index (χ1n) is 7.19. The van der Waals surface area contributed by atoms with Crippen molar-refractivity contribution in [2.24, 2.45) is 0 Å². The number of halogens is 1. The molecule has 0 spiro atoms. The van der Waals surface area contributed by atoms with Gasteiger partial charge in [0, 0.05) is 24.6 Å². The van der Waals surface area contributed by atoms with Gasteiger partial charge in [-0.1, -0.05) is 34.1 Å². The average molecular weight is 347 g/mol. The van der Waals surface area contributed by atoms with Gasteiger partial charge in [-0.2, -0.15) is 0 Å². The highest BCUT2D eigenvalue weighted by Gasteiger charge is 2.11. The van der Waals surface area contributed by atoms with E-state index in [9.17, 15) is 0 Å². The summed E-state index contributed by atoms with van der Waals surface area (Å²) >= 11 is 3.55. The second kappa shape index (κ2) is 6.52. The third-order valence-corrected chi connectivity index (χ3v) is 4.34. The van der Waals surface area contributed by atoms with Crippen molar-refractivity contribution >= 4 is 27.3 Å². The number of aryl methyl sites for hydroxylation is 2. The van der Waals surface area contributed by atoms with E-state index in [1.807, 2.05) is 0 Å². The standard InChI is InChI=1S/C18H23BrN2/c1-12-6-7-15(10-13(12)2)14(3)20-17-11-16(19)8-9-18(17)21(4)5/h6-11,14,20H,1-5H3. The number of rotatable bonds is 4. The predicted octanol–water partition coefficient (Wildman–Crippen LogP) is 5.31. The molecule has 0 aliphatic carbocycles. The van der Waals surface area contributed by atoms with E-state index in [1.165, 1.54) is 22.4 Å². The molecule has 3 heteroatoms. The lowest BCUT2D eigenvalue weighted by Crippen LogP contribution is -2.14. The van der Waals surface area contributed by atoms with Crippen LogP contribution in [0.25, 0.3) is 0 Å². The van der Waals surface area contributed by atoms with Gasteiger partial charge in [-0.3, -0.25) is 0 Å². The lowest BCUT2D eigenvalue weighted by molar-refractivity contribution is 0.879. The Hall–Kier alpha value is -1.48. The number of benzene rings is 2. The maximum Gasteiger partial charge on any atom is 0.0597 e. The zero-order chi connectivity index (χ0) is 15.6. The van der Waals surface area contributed by atoms with Crippen molar-refractivity contribution < 1.29 is 0 Å². The van der Waals surface area contributed by atoms with Gasteiger partial charge < -0.3 is 10.2 Å². The Balaban J connectivity index is 2.28. The van der Waals surface area contributed by atoms with E-state index in [2.05, 4.69) is 97.4 Å². The van der Waals surface area contributed by atoms with E-state index >= 15 is 0 Å². The summed E-state index contributed by atoms with van der Waals surface area (Å²) in [5.74, 6) is 0. The minimum atomic E-state index is 0.261. The van der Waals surface area contributed by atoms with Crippen LogP contribution in [0.4, 0.5) is 11.4 Å². The smallest absolute Gasteiger partial charge is 0.0597 e. The molecule has 1 N–H and O–H groups in total. The molecule has 0 heterocycles. The second-order valence-electron chi connectivity index (χ2n) is 5.77. The van der Waals surface area contributed by atoms with Crippen molar-refractivity contribution in [3.63, 3.8) is 0 Å². The molecule has 112 valence electrons. The highest BCUT2D eigenvalue weighted by atomic mass is 79.9. The normalized spacial score (nSPS) is 12.1. The van der Waals surface area contributed by atoms with E-state index in [0.717, 1.165) is 10.2 Å². The topological polar surface area (TPSA) is 15.3 Å². The van der Waals surface area contributed by atoms with Crippen molar-refractivity contribution in [2.75, 3.05) is 24.3 Å². The lowest BCUT2D eigenvalue weighted by Gasteiger charge is -2.23. The van der Waals surface area contributed by atoms with Crippen molar-refractivity contribution in [2.45, 2.75) is 26.8 Å². The van der Waals surface area contributed by atoms with Crippen molar-refractivity contribution in [3.8, 4) is 0 Å². The van der Waals surface area contributed by atoms with Crippen LogP contribution in [0.3, 0.4) is 0 Å². The van der Waals surface area contributed by atoms with Gasteiger partial charge in [-0.05, 0) is 55.7 Å². The molecule has 0 saturated heterocycles. The summed E-state index contributed by atoms with van der Waals surface area (Å²) in [5.41, 5.74) is 6.31. The van der Waals surface area contributed by atoms with Crippen molar-refractivity contribution in [1.29, 1.82) is 0 Å². The van der Waals surface area contributed by atoms with Crippen LogP contribution in [0.15, 0.2) is 40.9 Å². The van der Waals surface area contributed by atoms with E-state index in [1.54, 1.807) is 0 Å². The van der Waals surface area contributed by atoms with Crippen LogP contribution >= 0.6 is 15.9 Å². The van der Waals surface area contributed by atoms with Gasteiger partial charge >= 0.3 is 0 Å². The summed E-state index contributed by atoms with van der Waals surface area (Å²) in [5, 5.41) is 3.62. The molecule has 0 aromatic heterocycles. The van der Waals surface area contributed by atoms with Gasteiger partial charge in [0.05, 0.1) is 11.4 Å². The molecule has 1 unspecified atom stereocenters. The molecule has 2 rings (SSSR count). The minimum Gasteiger partial charge on any atom is -0.377 e. The van der Waals surface area contributed by atoms with Gasteiger partial charge in [0.2, 0.25) is 0 Å². The molecule has 0 fully saturated rings. The van der Waals surface area contributed by atoms with E-state index in [0.29, 0.717) is 0 Å². The fraction of sp³-hybridized carbons (Fsp3) is 0.333. The fourth-order valence-electron chi connectivity index (χ4n) is 2.36.